The Morgan fingerprint density at radius 1 is 1.11 bits per heavy atom. The largest absolute Gasteiger partial charge is 0.353 e. The van der Waals surface area contributed by atoms with Crippen LogP contribution in [0.1, 0.15) is 44.1 Å². The van der Waals surface area contributed by atoms with Crippen LogP contribution in [0.2, 0.25) is 0 Å². The van der Waals surface area contributed by atoms with E-state index in [-0.39, 0.29) is 12.5 Å². The van der Waals surface area contributed by atoms with Gasteiger partial charge >= 0.3 is 0 Å². The molecule has 4 nitrogen and oxygen atoms in total. The number of piperidine rings is 2. The molecule has 1 aromatic carbocycles. The average Bonchev–Trinajstić information content (AvgIpc) is 3.52. The topological polar surface area (TPSA) is 35.6 Å². The van der Waals surface area contributed by atoms with Gasteiger partial charge in [-0.25, -0.2) is 4.39 Å². The fourth-order valence-electron chi connectivity index (χ4n) is 4.54. The summed E-state index contributed by atoms with van der Waals surface area (Å²) in [5.41, 5.74) is -0.349. The normalized spacial score (nSPS) is 28.2. The fraction of sp³-hybridized carbons (Fsp3) is 0.682. The number of carbonyl (C=O) groups is 1. The summed E-state index contributed by atoms with van der Waals surface area (Å²) in [6, 6.07) is 11.0. The molecule has 148 valence electrons. The van der Waals surface area contributed by atoms with Crippen molar-refractivity contribution in [1.29, 1.82) is 0 Å². The number of benzene rings is 1. The van der Waals surface area contributed by atoms with Crippen LogP contribution in [-0.2, 0) is 11.3 Å². The minimum atomic E-state index is -1.70. The lowest BCUT2D eigenvalue weighted by Gasteiger charge is -2.43. The molecule has 2 aliphatic heterocycles. The molecule has 3 aliphatic rings. The first kappa shape index (κ1) is 18.9. The van der Waals surface area contributed by atoms with Gasteiger partial charge in [0.15, 0.2) is 0 Å². The second-order valence-corrected chi connectivity index (χ2v) is 8.69. The van der Waals surface area contributed by atoms with Gasteiger partial charge in [-0.2, -0.15) is 0 Å². The van der Waals surface area contributed by atoms with E-state index in [1.807, 2.05) is 0 Å². The van der Waals surface area contributed by atoms with E-state index in [0.29, 0.717) is 24.9 Å². The third kappa shape index (κ3) is 4.88. The molecule has 1 N–H and O–H groups in total. The number of hydrogen-bond donors (Lipinski definition) is 1. The van der Waals surface area contributed by atoms with Gasteiger partial charge in [0, 0.05) is 25.7 Å². The van der Waals surface area contributed by atoms with Crippen molar-refractivity contribution in [3.05, 3.63) is 35.9 Å². The molecule has 0 bridgehead atoms. The van der Waals surface area contributed by atoms with E-state index >= 15 is 4.39 Å². The van der Waals surface area contributed by atoms with E-state index in [1.165, 1.54) is 18.4 Å². The van der Waals surface area contributed by atoms with Crippen LogP contribution >= 0.6 is 0 Å². The van der Waals surface area contributed by atoms with Crippen LogP contribution in [0.25, 0.3) is 0 Å². The Bertz CT molecular complexity index is 628. The summed E-state index contributed by atoms with van der Waals surface area (Å²) in [5, 5.41) is 2.86. The second kappa shape index (κ2) is 8.27. The summed E-state index contributed by atoms with van der Waals surface area (Å²) in [6.07, 6.45) is 5.62. The molecule has 27 heavy (non-hydrogen) atoms. The predicted octanol–water partition coefficient (Wildman–Crippen LogP) is 2.98. The smallest absolute Gasteiger partial charge is 0.259 e. The molecular weight excluding hydrogens is 341 g/mol. The number of nitrogens with zero attached hydrogens (tertiary/aromatic N) is 2. The third-order valence-electron chi connectivity index (χ3n) is 6.45. The number of halogens is 1. The Kier molecular flexibility index (Phi) is 5.79. The number of rotatable bonds is 6. The molecule has 0 aromatic heterocycles. The van der Waals surface area contributed by atoms with Crippen LogP contribution in [0, 0.1) is 5.92 Å². The number of hydrogen-bond acceptors (Lipinski definition) is 3. The summed E-state index contributed by atoms with van der Waals surface area (Å²) >= 11 is 0. The van der Waals surface area contributed by atoms with Gasteiger partial charge in [-0.05, 0) is 69.6 Å². The van der Waals surface area contributed by atoms with Crippen LogP contribution in [0.4, 0.5) is 4.39 Å². The van der Waals surface area contributed by atoms with E-state index in [0.717, 1.165) is 45.4 Å². The van der Waals surface area contributed by atoms with Gasteiger partial charge in [0.1, 0.15) is 0 Å². The summed E-state index contributed by atoms with van der Waals surface area (Å²) in [4.78, 5) is 17.2. The van der Waals surface area contributed by atoms with Crippen molar-refractivity contribution in [2.24, 2.45) is 5.92 Å². The number of carbonyl (C=O) groups excluding carboxylic acids is 1. The maximum atomic E-state index is 15.3. The van der Waals surface area contributed by atoms with Crippen molar-refractivity contribution in [3.8, 4) is 0 Å². The fourth-order valence-corrected chi connectivity index (χ4v) is 4.54. The summed E-state index contributed by atoms with van der Waals surface area (Å²) in [7, 11) is 0. The second-order valence-electron chi connectivity index (χ2n) is 8.69. The summed E-state index contributed by atoms with van der Waals surface area (Å²) in [6.45, 7) is 4.93. The Hall–Kier alpha value is -1.46. The van der Waals surface area contributed by atoms with Crippen LogP contribution in [0.5, 0.6) is 0 Å². The summed E-state index contributed by atoms with van der Waals surface area (Å²) < 4.78 is 15.3. The van der Waals surface area contributed by atoms with E-state index in [2.05, 4.69) is 45.4 Å². The van der Waals surface area contributed by atoms with Crippen LogP contribution < -0.4 is 5.32 Å². The zero-order chi connectivity index (χ0) is 18.7. The molecule has 1 atom stereocenters. The lowest BCUT2D eigenvalue weighted by Crippen LogP contribution is -2.58. The Labute approximate surface area is 162 Å². The molecule has 1 amide bonds. The molecule has 4 rings (SSSR count). The Balaban J connectivity index is 1.26. The summed E-state index contributed by atoms with van der Waals surface area (Å²) in [5.74, 6) is 0.215. The molecule has 1 aromatic rings. The number of alkyl halides is 1. The molecule has 2 heterocycles. The Morgan fingerprint density at radius 3 is 2.56 bits per heavy atom. The molecule has 5 heteroatoms. The van der Waals surface area contributed by atoms with Crippen molar-refractivity contribution in [2.75, 3.05) is 32.7 Å². The average molecular weight is 374 g/mol. The molecule has 2 saturated heterocycles. The molecule has 1 saturated carbocycles. The van der Waals surface area contributed by atoms with Gasteiger partial charge in [-0.3, -0.25) is 14.6 Å². The first-order chi connectivity index (χ1) is 13.1. The molecule has 1 aliphatic carbocycles. The minimum absolute atomic E-state index is 0.271. The highest BCUT2D eigenvalue weighted by atomic mass is 19.1. The highest BCUT2D eigenvalue weighted by Gasteiger charge is 2.44. The van der Waals surface area contributed by atoms with E-state index in [9.17, 15) is 4.79 Å². The van der Waals surface area contributed by atoms with Gasteiger partial charge in [-0.15, -0.1) is 0 Å². The minimum Gasteiger partial charge on any atom is -0.353 e. The van der Waals surface area contributed by atoms with Gasteiger partial charge in [0.25, 0.3) is 5.91 Å². The standard InChI is InChI=1S/C22H32FN3O/c23-22(21(27)24-15-18-7-8-18)11-4-12-26(17-22)20-9-13-25(14-10-20)16-19-5-2-1-3-6-19/h1-3,5-6,18,20H,4,7-17H2,(H,24,27). The first-order valence-corrected chi connectivity index (χ1v) is 10.6. The van der Waals surface area contributed by atoms with Gasteiger partial charge < -0.3 is 5.32 Å². The zero-order valence-electron chi connectivity index (χ0n) is 16.2. The lowest BCUT2D eigenvalue weighted by molar-refractivity contribution is -0.137. The lowest BCUT2D eigenvalue weighted by atomic mass is 9.90. The molecular formula is C22H32FN3O. The predicted molar refractivity (Wildman–Crippen MR) is 105 cm³/mol. The van der Waals surface area contributed by atoms with Gasteiger partial charge in [0.05, 0.1) is 0 Å². The number of likely N-dealkylation sites (tertiary alicyclic amines) is 2. The van der Waals surface area contributed by atoms with Crippen LogP contribution in [0.3, 0.4) is 0 Å². The van der Waals surface area contributed by atoms with Crippen molar-refractivity contribution >= 4 is 5.91 Å². The van der Waals surface area contributed by atoms with Crippen molar-refractivity contribution in [1.82, 2.24) is 15.1 Å². The van der Waals surface area contributed by atoms with Crippen molar-refractivity contribution in [3.63, 3.8) is 0 Å². The first-order valence-electron chi connectivity index (χ1n) is 10.6. The zero-order valence-corrected chi connectivity index (χ0v) is 16.2. The van der Waals surface area contributed by atoms with Crippen molar-refractivity contribution < 1.29 is 9.18 Å². The monoisotopic (exact) mass is 373 g/mol. The Morgan fingerprint density at radius 2 is 1.85 bits per heavy atom. The van der Waals surface area contributed by atoms with Crippen molar-refractivity contribution in [2.45, 2.75) is 56.8 Å². The van der Waals surface area contributed by atoms with E-state index in [1.54, 1.807) is 0 Å². The van der Waals surface area contributed by atoms with Crippen LogP contribution in [-0.4, -0.2) is 60.1 Å². The SMILES string of the molecule is O=C(NCC1CC1)C1(F)CCCN(C2CCN(Cc3ccccc3)CC2)C1. The van der Waals surface area contributed by atoms with Gasteiger partial charge in [0.2, 0.25) is 5.67 Å². The quantitative estimate of drug-likeness (QED) is 0.833. The molecule has 0 radical (unpaired) electrons. The maximum Gasteiger partial charge on any atom is 0.259 e. The van der Waals surface area contributed by atoms with E-state index < -0.39 is 5.67 Å². The number of nitrogens with one attached hydrogen (secondary N) is 1. The van der Waals surface area contributed by atoms with E-state index in [4.69, 9.17) is 0 Å². The van der Waals surface area contributed by atoms with Crippen LogP contribution in [0.15, 0.2) is 30.3 Å². The molecule has 0 spiro atoms. The highest BCUT2D eigenvalue weighted by molar-refractivity contribution is 5.85. The maximum absolute atomic E-state index is 15.3. The third-order valence-corrected chi connectivity index (χ3v) is 6.45. The molecule has 1 unspecified atom stereocenters. The highest BCUT2D eigenvalue weighted by Crippen LogP contribution is 2.31. The number of amides is 1. The molecule has 3 fully saturated rings. The van der Waals surface area contributed by atoms with Gasteiger partial charge in [-0.1, -0.05) is 30.3 Å².